The van der Waals surface area contributed by atoms with Crippen LogP contribution < -0.4 is 0 Å². The molecule has 5 heteroatoms. The maximum atomic E-state index is 12.9. The van der Waals surface area contributed by atoms with E-state index in [0.29, 0.717) is 19.4 Å². The van der Waals surface area contributed by atoms with Gasteiger partial charge in [-0.3, -0.25) is 9.59 Å². The van der Waals surface area contributed by atoms with Crippen molar-refractivity contribution in [2.75, 3.05) is 19.8 Å². The Balaban J connectivity index is 4.40. The Kier molecular flexibility index (Phi) is 56.5. The molecule has 0 aliphatic carbocycles. The first kappa shape index (κ1) is 66.3. The highest BCUT2D eigenvalue weighted by Crippen LogP contribution is 2.13. The first-order valence-corrected chi connectivity index (χ1v) is 29.1. The lowest BCUT2D eigenvalue weighted by Crippen LogP contribution is -2.30. The molecular weight excluding hydrogens is 861 g/mol. The van der Waals surface area contributed by atoms with Crippen molar-refractivity contribution in [1.29, 1.82) is 0 Å². The lowest BCUT2D eigenvalue weighted by atomic mass is 10.1. The molecule has 0 amide bonds. The molecule has 5 nitrogen and oxygen atoms in total. The molecule has 398 valence electrons. The Morgan fingerprint density at radius 1 is 0.329 bits per heavy atom. The minimum Gasteiger partial charge on any atom is -0.462 e. The predicted octanol–water partition coefficient (Wildman–Crippen LogP) is 20.1. The summed E-state index contributed by atoms with van der Waals surface area (Å²) < 4.78 is 17.4. The van der Waals surface area contributed by atoms with Gasteiger partial charge in [0.05, 0.1) is 6.61 Å². The van der Waals surface area contributed by atoms with Crippen molar-refractivity contribution in [3.63, 3.8) is 0 Å². The molecule has 0 spiro atoms. The zero-order valence-corrected chi connectivity index (χ0v) is 45.7. The molecule has 70 heavy (non-hydrogen) atoms. The Bertz CT molecular complexity index is 1420. The Hall–Kier alpha value is -3.70. The van der Waals surface area contributed by atoms with Crippen molar-refractivity contribution in [3.05, 3.63) is 122 Å². The molecule has 0 heterocycles. The molecule has 0 bridgehead atoms. The average Bonchev–Trinajstić information content (AvgIpc) is 3.36. The number of unbranched alkanes of at least 4 members (excludes halogenated alkanes) is 21. The molecule has 0 saturated heterocycles. The number of rotatable bonds is 52. The summed E-state index contributed by atoms with van der Waals surface area (Å²) in [5, 5.41) is 0. The third kappa shape index (κ3) is 56.9. The van der Waals surface area contributed by atoms with Crippen LogP contribution in [0.25, 0.3) is 0 Å². The molecule has 0 aromatic rings. The molecule has 0 fully saturated rings. The first-order valence-electron chi connectivity index (χ1n) is 29.1. The summed E-state index contributed by atoms with van der Waals surface area (Å²) >= 11 is 0. The molecule has 0 aliphatic heterocycles. The van der Waals surface area contributed by atoms with E-state index in [0.717, 1.165) is 128 Å². The first-order chi connectivity index (χ1) is 34.6. The van der Waals surface area contributed by atoms with E-state index in [1.807, 2.05) is 0 Å². The van der Waals surface area contributed by atoms with Gasteiger partial charge in [0.1, 0.15) is 6.61 Å². The van der Waals surface area contributed by atoms with E-state index in [1.54, 1.807) is 0 Å². The number of carbonyl (C=O) groups is 2. The van der Waals surface area contributed by atoms with Crippen LogP contribution in [0.1, 0.15) is 252 Å². The zero-order chi connectivity index (χ0) is 50.6. The van der Waals surface area contributed by atoms with Gasteiger partial charge in [-0.15, -0.1) is 0 Å². The second-order valence-electron chi connectivity index (χ2n) is 18.8. The van der Waals surface area contributed by atoms with Crippen LogP contribution in [0.4, 0.5) is 0 Å². The van der Waals surface area contributed by atoms with Crippen molar-refractivity contribution >= 4 is 11.9 Å². The molecule has 0 N–H and O–H groups in total. The number of ether oxygens (including phenoxy) is 3. The van der Waals surface area contributed by atoms with Crippen molar-refractivity contribution in [2.24, 2.45) is 0 Å². The van der Waals surface area contributed by atoms with Gasteiger partial charge in [-0.05, 0) is 135 Å². The highest BCUT2D eigenvalue weighted by atomic mass is 16.6. The van der Waals surface area contributed by atoms with E-state index in [4.69, 9.17) is 14.2 Å². The molecule has 1 atom stereocenters. The van der Waals surface area contributed by atoms with Gasteiger partial charge in [-0.2, -0.15) is 0 Å². The van der Waals surface area contributed by atoms with E-state index in [1.165, 1.54) is 89.9 Å². The molecule has 1 unspecified atom stereocenters. The highest BCUT2D eigenvalue weighted by Gasteiger charge is 2.17. The van der Waals surface area contributed by atoms with Crippen molar-refractivity contribution in [1.82, 2.24) is 0 Å². The average molecular weight is 970 g/mol. The molecule has 0 saturated carbocycles. The topological polar surface area (TPSA) is 61.8 Å². The minimum atomic E-state index is -0.572. The summed E-state index contributed by atoms with van der Waals surface area (Å²) in [4.78, 5) is 25.5. The standard InChI is InChI=1S/C65H108O5/c1-4-7-10-13-16-19-22-25-28-30-32-34-36-39-42-45-48-51-54-57-60-68-61-63(70-65(67)59-56-53-50-47-44-41-37-27-24-21-18-15-12-9-6-3)62-69-64(66)58-55-52-49-46-43-40-38-35-33-31-29-26-23-20-17-14-11-8-5-2/h7,10,16-21,25-29,32-35,37,39,42,63H,4-6,8-9,11-15,22-24,30-31,36,38,40-41,43-62H2,1-3H3/b10-7-,19-16-,20-17-,21-18-,28-25-,29-26-,34-32-,35-33-,37-27-,42-39-. The summed E-state index contributed by atoms with van der Waals surface area (Å²) in [6.45, 7) is 7.58. The number of hydrogen-bond donors (Lipinski definition) is 0. The molecule has 0 radical (unpaired) electrons. The van der Waals surface area contributed by atoms with Gasteiger partial charge in [-0.25, -0.2) is 0 Å². The summed E-state index contributed by atoms with van der Waals surface area (Å²) in [6.07, 6.45) is 83.6. The van der Waals surface area contributed by atoms with Crippen LogP contribution in [0.3, 0.4) is 0 Å². The van der Waals surface area contributed by atoms with E-state index < -0.39 is 6.10 Å². The quantitative estimate of drug-likeness (QED) is 0.0345. The van der Waals surface area contributed by atoms with Crippen molar-refractivity contribution < 1.29 is 23.8 Å². The number of allylic oxidation sites excluding steroid dienone is 20. The van der Waals surface area contributed by atoms with Crippen LogP contribution in [0, 0.1) is 0 Å². The van der Waals surface area contributed by atoms with Crippen LogP contribution >= 0.6 is 0 Å². The smallest absolute Gasteiger partial charge is 0.306 e. The predicted molar refractivity (Wildman–Crippen MR) is 306 cm³/mol. The van der Waals surface area contributed by atoms with Gasteiger partial charge >= 0.3 is 11.9 Å². The van der Waals surface area contributed by atoms with Crippen LogP contribution in [-0.4, -0.2) is 37.9 Å². The molecule has 0 aromatic carbocycles. The van der Waals surface area contributed by atoms with Crippen molar-refractivity contribution in [3.8, 4) is 0 Å². The van der Waals surface area contributed by atoms with Crippen LogP contribution in [0.15, 0.2) is 122 Å². The van der Waals surface area contributed by atoms with Gasteiger partial charge in [-0.1, -0.05) is 226 Å². The fourth-order valence-electron chi connectivity index (χ4n) is 7.63. The summed E-state index contributed by atoms with van der Waals surface area (Å²) in [7, 11) is 0. The summed E-state index contributed by atoms with van der Waals surface area (Å²) in [6, 6.07) is 0. The molecular formula is C65H108O5. The van der Waals surface area contributed by atoms with Gasteiger partial charge in [0.15, 0.2) is 6.10 Å². The fraction of sp³-hybridized carbons (Fsp3) is 0.662. The van der Waals surface area contributed by atoms with Gasteiger partial charge in [0.2, 0.25) is 0 Å². The van der Waals surface area contributed by atoms with Gasteiger partial charge < -0.3 is 14.2 Å². The van der Waals surface area contributed by atoms with Gasteiger partial charge in [0, 0.05) is 19.4 Å². The molecule has 0 aliphatic rings. The zero-order valence-electron chi connectivity index (χ0n) is 45.7. The summed E-state index contributed by atoms with van der Waals surface area (Å²) in [5.74, 6) is -0.446. The maximum absolute atomic E-state index is 12.9. The minimum absolute atomic E-state index is 0.0550. The van der Waals surface area contributed by atoms with E-state index in [9.17, 15) is 9.59 Å². The number of carbonyl (C=O) groups excluding carboxylic acids is 2. The summed E-state index contributed by atoms with van der Waals surface area (Å²) in [5.41, 5.74) is 0. The third-order valence-electron chi connectivity index (χ3n) is 12.0. The van der Waals surface area contributed by atoms with Crippen LogP contribution in [0.2, 0.25) is 0 Å². The van der Waals surface area contributed by atoms with Crippen molar-refractivity contribution in [2.45, 2.75) is 258 Å². The SMILES string of the molecule is CC/C=C\C/C=C\C/C=C\C/C=C\C/C=C\CCCCCCOCC(COC(=O)CCCCCCCC/C=C\C/C=C\C/C=C\CCCCC)OC(=O)CCCCCCC/C=C\C/C=C\CCCCC. The van der Waals surface area contributed by atoms with E-state index in [-0.39, 0.29) is 25.2 Å². The largest absolute Gasteiger partial charge is 0.462 e. The second kappa shape index (κ2) is 59.6. The second-order valence-corrected chi connectivity index (χ2v) is 18.8. The Labute approximate surface area is 433 Å². The Morgan fingerprint density at radius 3 is 1.03 bits per heavy atom. The maximum Gasteiger partial charge on any atom is 0.306 e. The molecule has 0 rings (SSSR count). The fourth-order valence-corrected chi connectivity index (χ4v) is 7.63. The highest BCUT2D eigenvalue weighted by molar-refractivity contribution is 5.70. The van der Waals surface area contributed by atoms with Crippen LogP contribution in [0.5, 0.6) is 0 Å². The number of hydrogen-bond acceptors (Lipinski definition) is 5. The van der Waals surface area contributed by atoms with E-state index >= 15 is 0 Å². The lowest BCUT2D eigenvalue weighted by molar-refractivity contribution is -0.163. The van der Waals surface area contributed by atoms with E-state index in [2.05, 4.69) is 142 Å². The van der Waals surface area contributed by atoms with Gasteiger partial charge in [0.25, 0.3) is 0 Å². The lowest BCUT2D eigenvalue weighted by Gasteiger charge is -2.18. The monoisotopic (exact) mass is 969 g/mol. The normalized spacial score (nSPS) is 13.1. The third-order valence-corrected chi connectivity index (χ3v) is 12.0. The Morgan fingerprint density at radius 2 is 0.643 bits per heavy atom. The van der Waals surface area contributed by atoms with Crippen LogP contribution in [-0.2, 0) is 23.8 Å². The number of esters is 2. The molecule has 0 aromatic heterocycles.